The van der Waals surface area contributed by atoms with Gasteiger partial charge in [0.25, 0.3) is 5.91 Å². The van der Waals surface area contributed by atoms with Gasteiger partial charge in [-0.05, 0) is 37.4 Å². The molecule has 0 spiro atoms. The molecule has 3 rings (SSSR count). The lowest BCUT2D eigenvalue weighted by molar-refractivity contribution is 0.0788. The largest absolute Gasteiger partial charge is 0.338 e. The summed E-state index contributed by atoms with van der Waals surface area (Å²) in [6, 6.07) is 5.56. The van der Waals surface area contributed by atoms with Crippen molar-refractivity contribution in [1.29, 1.82) is 0 Å². The summed E-state index contributed by atoms with van der Waals surface area (Å²) in [7, 11) is 0. The molecule has 5 nitrogen and oxygen atoms in total. The lowest BCUT2D eigenvalue weighted by atomic mass is 10.1. The molecule has 20 heavy (non-hydrogen) atoms. The molecule has 0 bridgehead atoms. The molecule has 1 saturated heterocycles. The van der Waals surface area contributed by atoms with Gasteiger partial charge >= 0.3 is 0 Å². The SMILES string of the molecule is NCCC1CCN(C(=O)c2cccc3nccnc23)C1. The van der Waals surface area contributed by atoms with Gasteiger partial charge in [0.2, 0.25) is 0 Å². The average Bonchev–Trinajstić information content (AvgIpc) is 2.95. The molecule has 1 amide bonds. The van der Waals surface area contributed by atoms with Crippen LogP contribution in [0.3, 0.4) is 0 Å². The lowest BCUT2D eigenvalue weighted by Crippen LogP contribution is -2.29. The molecule has 1 aromatic carbocycles. The van der Waals surface area contributed by atoms with Crippen LogP contribution in [0.4, 0.5) is 0 Å². The van der Waals surface area contributed by atoms with Crippen LogP contribution in [0.2, 0.25) is 0 Å². The number of para-hydroxylation sites is 1. The van der Waals surface area contributed by atoms with E-state index in [9.17, 15) is 4.79 Å². The van der Waals surface area contributed by atoms with Crippen molar-refractivity contribution in [3.8, 4) is 0 Å². The summed E-state index contributed by atoms with van der Waals surface area (Å²) >= 11 is 0. The van der Waals surface area contributed by atoms with Crippen LogP contribution in [0.15, 0.2) is 30.6 Å². The number of nitrogens with zero attached hydrogens (tertiary/aromatic N) is 3. The van der Waals surface area contributed by atoms with Gasteiger partial charge in [-0.25, -0.2) is 0 Å². The van der Waals surface area contributed by atoms with Crippen LogP contribution >= 0.6 is 0 Å². The Morgan fingerprint density at radius 3 is 3.05 bits per heavy atom. The molecule has 0 aliphatic carbocycles. The van der Waals surface area contributed by atoms with Gasteiger partial charge in [-0.3, -0.25) is 14.8 Å². The number of amides is 1. The molecule has 1 aromatic heterocycles. The van der Waals surface area contributed by atoms with Gasteiger partial charge in [-0.2, -0.15) is 0 Å². The minimum atomic E-state index is 0.0515. The zero-order chi connectivity index (χ0) is 13.9. The van der Waals surface area contributed by atoms with Crippen LogP contribution in [0, 0.1) is 5.92 Å². The van der Waals surface area contributed by atoms with Crippen LogP contribution in [0.25, 0.3) is 11.0 Å². The Hall–Kier alpha value is -2.01. The van der Waals surface area contributed by atoms with E-state index in [-0.39, 0.29) is 5.91 Å². The average molecular weight is 270 g/mol. The first-order chi connectivity index (χ1) is 9.79. The van der Waals surface area contributed by atoms with E-state index in [2.05, 4.69) is 9.97 Å². The Kier molecular flexibility index (Phi) is 3.60. The second-order valence-corrected chi connectivity index (χ2v) is 5.21. The Labute approximate surface area is 117 Å². The zero-order valence-corrected chi connectivity index (χ0v) is 11.3. The molecule has 0 radical (unpaired) electrons. The summed E-state index contributed by atoms with van der Waals surface area (Å²) in [5.41, 5.74) is 7.68. The molecule has 5 heteroatoms. The molecular formula is C15H18N4O. The molecule has 1 aliphatic heterocycles. The quantitative estimate of drug-likeness (QED) is 0.916. The van der Waals surface area contributed by atoms with E-state index in [1.165, 1.54) is 0 Å². The van der Waals surface area contributed by atoms with E-state index in [0.29, 0.717) is 23.5 Å². The van der Waals surface area contributed by atoms with E-state index in [4.69, 9.17) is 5.73 Å². The Balaban J connectivity index is 1.86. The Bertz CT molecular complexity index is 623. The van der Waals surface area contributed by atoms with E-state index in [1.807, 2.05) is 23.1 Å². The van der Waals surface area contributed by atoms with Crippen molar-refractivity contribution in [1.82, 2.24) is 14.9 Å². The van der Waals surface area contributed by atoms with Crippen molar-refractivity contribution >= 4 is 16.9 Å². The third-order valence-corrected chi connectivity index (χ3v) is 3.88. The van der Waals surface area contributed by atoms with Crippen LogP contribution in [0.5, 0.6) is 0 Å². The Morgan fingerprint density at radius 2 is 2.20 bits per heavy atom. The molecule has 1 unspecified atom stereocenters. The number of carbonyl (C=O) groups is 1. The molecular weight excluding hydrogens is 252 g/mol. The summed E-state index contributed by atoms with van der Waals surface area (Å²) < 4.78 is 0. The van der Waals surface area contributed by atoms with Crippen LogP contribution < -0.4 is 5.73 Å². The first kappa shape index (κ1) is 13.0. The summed E-state index contributed by atoms with van der Waals surface area (Å²) in [5, 5.41) is 0. The summed E-state index contributed by atoms with van der Waals surface area (Å²) in [6.07, 6.45) is 5.29. The summed E-state index contributed by atoms with van der Waals surface area (Å²) in [4.78, 5) is 23.1. The highest BCUT2D eigenvalue weighted by atomic mass is 16.2. The van der Waals surface area contributed by atoms with Crippen molar-refractivity contribution in [2.75, 3.05) is 19.6 Å². The van der Waals surface area contributed by atoms with Crippen molar-refractivity contribution in [3.05, 3.63) is 36.2 Å². The monoisotopic (exact) mass is 270 g/mol. The van der Waals surface area contributed by atoms with Crippen LogP contribution in [0.1, 0.15) is 23.2 Å². The Morgan fingerprint density at radius 1 is 1.35 bits per heavy atom. The van der Waals surface area contributed by atoms with Gasteiger partial charge in [-0.15, -0.1) is 0 Å². The molecule has 0 saturated carbocycles. The minimum Gasteiger partial charge on any atom is -0.338 e. The first-order valence-corrected chi connectivity index (χ1v) is 6.98. The number of carbonyl (C=O) groups excluding carboxylic acids is 1. The zero-order valence-electron chi connectivity index (χ0n) is 11.3. The maximum Gasteiger partial charge on any atom is 0.256 e. The molecule has 2 aromatic rings. The van der Waals surface area contributed by atoms with Crippen LogP contribution in [-0.4, -0.2) is 40.4 Å². The molecule has 2 N–H and O–H groups in total. The fourth-order valence-electron chi connectivity index (χ4n) is 2.82. The highest BCUT2D eigenvalue weighted by Crippen LogP contribution is 2.23. The number of nitrogens with two attached hydrogens (primary N) is 1. The number of hydrogen-bond acceptors (Lipinski definition) is 4. The number of aromatic nitrogens is 2. The third-order valence-electron chi connectivity index (χ3n) is 3.88. The molecule has 1 aliphatic rings. The smallest absolute Gasteiger partial charge is 0.256 e. The van der Waals surface area contributed by atoms with E-state index in [1.54, 1.807) is 12.4 Å². The number of benzene rings is 1. The molecule has 104 valence electrons. The van der Waals surface area contributed by atoms with Crippen molar-refractivity contribution in [2.24, 2.45) is 11.7 Å². The second-order valence-electron chi connectivity index (χ2n) is 5.21. The summed E-state index contributed by atoms with van der Waals surface area (Å²) in [5.74, 6) is 0.584. The van der Waals surface area contributed by atoms with Crippen LogP contribution in [-0.2, 0) is 0 Å². The standard InChI is InChI=1S/C15H18N4O/c16-6-4-11-5-9-19(10-11)15(20)12-2-1-3-13-14(12)18-8-7-17-13/h1-3,7-8,11H,4-6,9-10,16H2. The van der Waals surface area contributed by atoms with Crippen molar-refractivity contribution < 1.29 is 4.79 Å². The normalized spacial score (nSPS) is 18.6. The second kappa shape index (κ2) is 5.54. The number of fused-ring (bicyclic) bond motifs is 1. The molecule has 1 atom stereocenters. The highest BCUT2D eigenvalue weighted by molar-refractivity contribution is 6.04. The van der Waals surface area contributed by atoms with Gasteiger partial charge < -0.3 is 10.6 Å². The lowest BCUT2D eigenvalue weighted by Gasteiger charge is -2.17. The predicted octanol–water partition coefficient (Wildman–Crippen LogP) is 1.44. The van der Waals surface area contributed by atoms with E-state index in [0.717, 1.165) is 31.4 Å². The van der Waals surface area contributed by atoms with Crippen molar-refractivity contribution in [3.63, 3.8) is 0 Å². The number of likely N-dealkylation sites (tertiary alicyclic amines) is 1. The summed E-state index contributed by atoms with van der Waals surface area (Å²) in [6.45, 7) is 2.29. The van der Waals surface area contributed by atoms with Gasteiger partial charge in [0, 0.05) is 25.5 Å². The van der Waals surface area contributed by atoms with Gasteiger partial charge in [0.05, 0.1) is 11.1 Å². The van der Waals surface area contributed by atoms with E-state index >= 15 is 0 Å². The van der Waals surface area contributed by atoms with Crippen molar-refractivity contribution in [2.45, 2.75) is 12.8 Å². The minimum absolute atomic E-state index is 0.0515. The highest BCUT2D eigenvalue weighted by Gasteiger charge is 2.27. The molecule has 2 heterocycles. The van der Waals surface area contributed by atoms with Gasteiger partial charge in [0.15, 0.2) is 0 Å². The topological polar surface area (TPSA) is 72.1 Å². The van der Waals surface area contributed by atoms with Gasteiger partial charge in [-0.1, -0.05) is 6.07 Å². The molecule has 1 fully saturated rings. The van der Waals surface area contributed by atoms with E-state index < -0.39 is 0 Å². The fourth-order valence-corrected chi connectivity index (χ4v) is 2.82. The predicted molar refractivity (Wildman–Crippen MR) is 77.2 cm³/mol. The first-order valence-electron chi connectivity index (χ1n) is 6.98. The third kappa shape index (κ3) is 2.36. The number of rotatable bonds is 3. The number of hydrogen-bond donors (Lipinski definition) is 1. The fraction of sp³-hybridized carbons (Fsp3) is 0.400. The maximum absolute atomic E-state index is 12.6. The van der Waals surface area contributed by atoms with Gasteiger partial charge in [0.1, 0.15) is 5.52 Å². The maximum atomic E-state index is 12.6.